The van der Waals surface area contributed by atoms with Crippen molar-refractivity contribution in [3.63, 3.8) is 0 Å². The van der Waals surface area contributed by atoms with Gasteiger partial charge in [0.05, 0.1) is 13.1 Å². The second kappa shape index (κ2) is 6.42. The number of carbonyl (C=O) groups excluding carboxylic acids is 1. The molecule has 2 aliphatic heterocycles. The van der Waals surface area contributed by atoms with Crippen molar-refractivity contribution in [3.8, 4) is 0 Å². The second-order valence-corrected chi connectivity index (χ2v) is 8.08. The van der Waals surface area contributed by atoms with Gasteiger partial charge in [0.15, 0.2) is 5.09 Å². The van der Waals surface area contributed by atoms with Gasteiger partial charge in [-0.3, -0.25) is 4.90 Å². The van der Waals surface area contributed by atoms with E-state index >= 15 is 0 Å². The Balaban J connectivity index is 1.36. The smallest absolute Gasteiger partial charge is 0.410 e. The van der Waals surface area contributed by atoms with E-state index in [1.54, 1.807) is 23.7 Å². The highest BCUT2D eigenvalue weighted by atomic mass is 32.2. The maximum absolute atomic E-state index is 11.7. The van der Waals surface area contributed by atoms with Gasteiger partial charge in [0, 0.05) is 31.5 Å². The zero-order valence-corrected chi connectivity index (χ0v) is 15.3. The number of nitrogens with zero attached hydrogens (tertiary/aromatic N) is 2. The summed E-state index contributed by atoms with van der Waals surface area (Å²) in [5, 5.41) is 0.903. The average Bonchev–Trinajstić information content (AvgIpc) is 3.24. The largest absolute Gasteiger partial charge is 0.453 e. The van der Waals surface area contributed by atoms with Crippen molar-refractivity contribution < 1.29 is 13.9 Å². The molecule has 2 saturated heterocycles. The van der Waals surface area contributed by atoms with Crippen LogP contribution >= 0.6 is 11.8 Å². The number of amides is 1. The highest BCUT2D eigenvalue weighted by molar-refractivity contribution is 7.99. The lowest BCUT2D eigenvalue weighted by Gasteiger charge is -2.21. The Hall–Kier alpha value is -1.92. The summed E-state index contributed by atoms with van der Waals surface area (Å²) in [7, 11) is 1.79. The number of carbonyl (C=O) groups is 1. The summed E-state index contributed by atoms with van der Waals surface area (Å²) >= 11 is 1.63. The first-order chi connectivity index (χ1) is 12.0. The van der Waals surface area contributed by atoms with Crippen molar-refractivity contribution in [1.29, 1.82) is 0 Å². The summed E-state index contributed by atoms with van der Waals surface area (Å²) in [6.45, 7) is 5.20. The SMILES string of the molecule is Cc1ccc(Sc2ccc(CN3CC[C@]4(C3)CN(C)C(=O)O4)o2)cc1. The number of furan rings is 1. The van der Waals surface area contributed by atoms with Crippen molar-refractivity contribution in [1.82, 2.24) is 9.80 Å². The van der Waals surface area contributed by atoms with Crippen LogP contribution in [0.25, 0.3) is 0 Å². The number of aryl methyl sites for hydroxylation is 1. The lowest BCUT2D eigenvalue weighted by Crippen LogP contribution is -2.36. The predicted octanol–water partition coefficient (Wildman–Crippen LogP) is 3.77. The third kappa shape index (κ3) is 3.55. The molecule has 0 radical (unpaired) electrons. The van der Waals surface area contributed by atoms with Gasteiger partial charge in [-0.2, -0.15) is 0 Å². The maximum atomic E-state index is 11.7. The van der Waals surface area contributed by atoms with Crippen LogP contribution < -0.4 is 0 Å². The van der Waals surface area contributed by atoms with Crippen LogP contribution in [-0.2, 0) is 11.3 Å². The van der Waals surface area contributed by atoms with E-state index in [4.69, 9.17) is 9.15 Å². The van der Waals surface area contributed by atoms with E-state index in [-0.39, 0.29) is 11.7 Å². The Morgan fingerprint density at radius 1 is 1.16 bits per heavy atom. The van der Waals surface area contributed by atoms with Gasteiger partial charge in [0.25, 0.3) is 0 Å². The number of ether oxygens (including phenoxy) is 1. The molecule has 1 amide bonds. The third-order valence-corrected chi connectivity index (χ3v) is 5.72. The maximum Gasteiger partial charge on any atom is 0.410 e. The molecule has 6 heteroatoms. The molecule has 0 unspecified atom stereocenters. The molecule has 1 spiro atoms. The lowest BCUT2D eigenvalue weighted by molar-refractivity contribution is 0.0620. The van der Waals surface area contributed by atoms with Gasteiger partial charge in [-0.15, -0.1) is 0 Å². The van der Waals surface area contributed by atoms with Gasteiger partial charge in [-0.1, -0.05) is 29.5 Å². The van der Waals surface area contributed by atoms with Crippen molar-refractivity contribution in [3.05, 3.63) is 47.7 Å². The molecule has 0 saturated carbocycles. The first-order valence-corrected chi connectivity index (χ1v) is 9.33. The molecule has 0 N–H and O–H groups in total. The van der Waals surface area contributed by atoms with Gasteiger partial charge in [-0.25, -0.2) is 4.79 Å². The molecule has 0 aliphatic carbocycles. The minimum Gasteiger partial charge on any atom is -0.453 e. The van der Waals surface area contributed by atoms with E-state index < -0.39 is 0 Å². The van der Waals surface area contributed by atoms with Crippen LogP contribution in [0.5, 0.6) is 0 Å². The summed E-state index contributed by atoms with van der Waals surface area (Å²) in [5.41, 5.74) is 0.920. The van der Waals surface area contributed by atoms with E-state index in [1.807, 2.05) is 12.1 Å². The number of likely N-dealkylation sites (tertiary alicyclic amines) is 1. The van der Waals surface area contributed by atoms with Crippen LogP contribution in [0.15, 0.2) is 50.8 Å². The molecule has 1 atom stereocenters. The quantitative estimate of drug-likeness (QED) is 0.833. The average molecular weight is 358 g/mol. The Bertz CT molecular complexity index is 773. The zero-order chi connectivity index (χ0) is 17.4. The molecular formula is C19H22N2O3S. The highest BCUT2D eigenvalue weighted by Crippen LogP contribution is 2.34. The molecule has 3 heterocycles. The molecule has 1 aromatic heterocycles. The van der Waals surface area contributed by atoms with Crippen LogP contribution in [0.2, 0.25) is 0 Å². The van der Waals surface area contributed by atoms with Gasteiger partial charge in [0.1, 0.15) is 11.4 Å². The van der Waals surface area contributed by atoms with Gasteiger partial charge in [-0.05, 0) is 31.2 Å². The lowest BCUT2D eigenvalue weighted by atomic mass is 10.0. The van der Waals surface area contributed by atoms with Crippen molar-refractivity contribution >= 4 is 17.9 Å². The van der Waals surface area contributed by atoms with Crippen LogP contribution in [0.3, 0.4) is 0 Å². The Morgan fingerprint density at radius 2 is 1.96 bits per heavy atom. The van der Waals surface area contributed by atoms with E-state index in [1.165, 1.54) is 10.5 Å². The van der Waals surface area contributed by atoms with Crippen LogP contribution in [0.4, 0.5) is 4.79 Å². The van der Waals surface area contributed by atoms with Crippen molar-refractivity contribution in [2.24, 2.45) is 0 Å². The number of rotatable bonds is 4. The summed E-state index contributed by atoms with van der Waals surface area (Å²) in [4.78, 5) is 16.8. The number of benzene rings is 1. The molecule has 2 aromatic rings. The highest BCUT2D eigenvalue weighted by Gasteiger charge is 2.48. The number of hydrogen-bond acceptors (Lipinski definition) is 5. The Morgan fingerprint density at radius 3 is 2.68 bits per heavy atom. The number of likely N-dealkylation sites (N-methyl/N-ethyl adjacent to an activating group) is 1. The predicted molar refractivity (Wildman–Crippen MR) is 95.7 cm³/mol. The fourth-order valence-corrected chi connectivity index (χ4v) is 4.30. The van der Waals surface area contributed by atoms with Crippen LogP contribution in [0.1, 0.15) is 17.7 Å². The molecule has 25 heavy (non-hydrogen) atoms. The summed E-state index contributed by atoms with van der Waals surface area (Å²) in [5.74, 6) is 0.948. The second-order valence-electron chi connectivity index (χ2n) is 7.00. The molecule has 2 aliphatic rings. The molecule has 132 valence electrons. The molecule has 0 bridgehead atoms. The molecule has 1 aromatic carbocycles. The van der Waals surface area contributed by atoms with Crippen molar-refractivity contribution in [2.75, 3.05) is 26.7 Å². The third-order valence-electron chi connectivity index (χ3n) is 4.79. The standard InChI is InChI=1S/C19H22N2O3S/c1-14-3-6-16(7-4-14)25-17-8-5-15(23-17)11-21-10-9-19(13-21)12-20(2)18(22)24-19/h3-8H,9-13H2,1-2H3/t19-/m1/s1. The molecule has 2 fully saturated rings. The molecular weight excluding hydrogens is 336 g/mol. The summed E-state index contributed by atoms with van der Waals surface area (Å²) in [6, 6.07) is 12.5. The molecule has 5 nitrogen and oxygen atoms in total. The van der Waals surface area contributed by atoms with Crippen molar-refractivity contribution in [2.45, 2.75) is 35.5 Å². The molecule has 4 rings (SSSR count). The first kappa shape index (κ1) is 16.5. The van der Waals surface area contributed by atoms with Gasteiger partial charge < -0.3 is 14.1 Å². The Labute approximate surface area is 151 Å². The van der Waals surface area contributed by atoms with Gasteiger partial charge in [0.2, 0.25) is 0 Å². The summed E-state index contributed by atoms with van der Waals surface area (Å²) in [6.07, 6.45) is 0.672. The van der Waals surface area contributed by atoms with Crippen LogP contribution in [-0.4, -0.2) is 48.2 Å². The normalized spacial score (nSPS) is 23.6. The monoisotopic (exact) mass is 358 g/mol. The number of hydrogen-bond donors (Lipinski definition) is 0. The van der Waals surface area contributed by atoms with E-state index in [0.29, 0.717) is 6.54 Å². The fraction of sp³-hybridized carbons (Fsp3) is 0.421. The topological polar surface area (TPSA) is 45.9 Å². The minimum absolute atomic E-state index is 0.211. The summed E-state index contributed by atoms with van der Waals surface area (Å²) < 4.78 is 11.6. The Kier molecular flexibility index (Phi) is 4.25. The zero-order valence-electron chi connectivity index (χ0n) is 14.5. The minimum atomic E-state index is -0.335. The van der Waals surface area contributed by atoms with E-state index in [2.05, 4.69) is 36.1 Å². The van der Waals surface area contributed by atoms with Gasteiger partial charge >= 0.3 is 6.09 Å². The fourth-order valence-electron chi connectivity index (χ4n) is 3.51. The van der Waals surface area contributed by atoms with E-state index in [9.17, 15) is 4.79 Å². The first-order valence-electron chi connectivity index (χ1n) is 8.51. The van der Waals surface area contributed by atoms with Crippen LogP contribution in [0, 0.1) is 6.92 Å². The van der Waals surface area contributed by atoms with E-state index in [0.717, 1.165) is 36.9 Å².